The van der Waals surface area contributed by atoms with Gasteiger partial charge < -0.3 is 9.13 Å². The summed E-state index contributed by atoms with van der Waals surface area (Å²) in [6.45, 7) is 4.71. The monoisotopic (exact) mass is 600 g/mol. The Bertz CT molecular complexity index is 2690. The van der Waals surface area contributed by atoms with E-state index in [-0.39, 0.29) is 5.41 Å². The average Bonchev–Trinajstić information content (AvgIpc) is 3.72. The molecule has 9 aromatic rings. The van der Waals surface area contributed by atoms with E-state index in [0.717, 1.165) is 0 Å². The molecule has 0 aliphatic heterocycles. The normalized spacial score (nSPS) is 13.5. The molecule has 0 N–H and O–H groups in total. The Hall–Kier alpha value is -5.86. The summed E-state index contributed by atoms with van der Waals surface area (Å²) in [4.78, 5) is 0. The van der Waals surface area contributed by atoms with Crippen molar-refractivity contribution in [3.8, 4) is 33.6 Å². The van der Waals surface area contributed by atoms with Crippen LogP contribution < -0.4 is 0 Å². The van der Waals surface area contributed by atoms with E-state index in [1.807, 2.05) is 0 Å². The molecule has 222 valence electrons. The lowest BCUT2D eigenvalue weighted by Crippen LogP contribution is -2.14. The Morgan fingerprint density at radius 3 is 1.81 bits per heavy atom. The van der Waals surface area contributed by atoms with Crippen LogP contribution in [0, 0.1) is 0 Å². The highest BCUT2D eigenvalue weighted by molar-refractivity contribution is 6.26. The van der Waals surface area contributed by atoms with Gasteiger partial charge in [-0.2, -0.15) is 0 Å². The zero-order chi connectivity index (χ0) is 31.3. The Labute approximate surface area is 273 Å². The molecule has 0 amide bonds. The maximum Gasteiger partial charge on any atom is 0.0641 e. The second kappa shape index (κ2) is 9.57. The van der Waals surface area contributed by atoms with Crippen LogP contribution in [-0.4, -0.2) is 9.13 Å². The van der Waals surface area contributed by atoms with Crippen molar-refractivity contribution in [1.29, 1.82) is 0 Å². The molecule has 0 unspecified atom stereocenters. The summed E-state index contributed by atoms with van der Waals surface area (Å²) in [5, 5.41) is 5.07. The van der Waals surface area contributed by atoms with Gasteiger partial charge in [0.05, 0.1) is 22.1 Å². The Kier molecular flexibility index (Phi) is 5.37. The number of benzene rings is 7. The summed E-state index contributed by atoms with van der Waals surface area (Å²) >= 11 is 0. The molecule has 1 aliphatic carbocycles. The number of para-hydroxylation sites is 3. The van der Waals surface area contributed by atoms with Crippen LogP contribution in [0.4, 0.5) is 0 Å². The molecule has 0 atom stereocenters. The number of fused-ring (bicyclic) bond motifs is 10. The Balaban J connectivity index is 1.27. The molecule has 0 radical (unpaired) electrons. The first kappa shape index (κ1) is 26.4. The van der Waals surface area contributed by atoms with Crippen LogP contribution in [0.2, 0.25) is 0 Å². The van der Waals surface area contributed by atoms with Crippen LogP contribution in [0.15, 0.2) is 158 Å². The van der Waals surface area contributed by atoms with E-state index in [0.29, 0.717) is 0 Å². The average molecular weight is 601 g/mol. The van der Waals surface area contributed by atoms with E-state index in [2.05, 4.69) is 181 Å². The summed E-state index contributed by atoms with van der Waals surface area (Å²) in [7, 11) is 0. The second-order valence-electron chi connectivity index (χ2n) is 13.4. The molecule has 2 aromatic heterocycles. The van der Waals surface area contributed by atoms with Gasteiger partial charge in [0.25, 0.3) is 0 Å². The lowest BCUT2D eigenvalue weighted by Gasteiger charge is -2.22. The van der Waals surface area contributed by atoms with Crippen LogP contribution in [0.25, 0.3) is 77.2 Å². The van der Waals surface area contributed by atoms with Gasteiger partial charge in [-0.1, -0.05) is 117 Å². The standard InChI is InChI=1S/C45H32N2/c1-45(2)38-19-11-9-17-33(38)34-23-21-30(28-39(34)45)29-22-25-41-37(27-29)35-24-26-42-43(44(35)47(41)32-15-7-4-8-16-32)36-18-10-12-20-40(36)46(42)31-13-5-3-6-14-31/h3-28H,1-2H3. The zero-order valence-corrected chi connectivity index (χ0v) is 26.4. The molecule has 7 aromatic carbocycles. The molecule has 1 aliphatic rings. The summed E-state index contributed by atoms with van der Waals surface area (Å²) in [6, 6.07) is 58.0. The number of nitrogens with zero attached hydrogens (tertiary/aromatic N) is 2. The Morgan fingerprint density at radius 2 is 1.00 bits per heavy atom. The summed E-state index contributed by atoms with van der Waals surface area (Å²) in [5.74, 6) is 0. The van der Waals surface area contributed by atoms with Gasteiger partial charge in [0.2, 0.25) is 0 Å². The lowest BCUT2D eigenvalue weighted by atomic mass is 9.81. The third-order valence-corrected chi connectivity index (χ3v) is 10.5. The first-order chi connectivity index (χ1) is 23.1. The van der Waals surface area contributed by atoms with Gasteiger partial charge in [-0.25, -0.2) is 0 Å². The van der Waals surface area contributed by atoms with E-state index in [1.54, 1.807) is 0 Å². The van der Waals surface area contributed by atoms with E-state index < -0.39 is 0 Å². The molecule has 0 fully saturated rings. The smallest absolute Gasteiger partial charge is 0.0641 e. The van der Waals surface area contributed by atoms with Crippen molar-refractivity contribution < 1.29 is 0 Å². The fourth-order valence-corrected chi connectivity index (χ4v) is 8.32. The van der Waals surface area contributed by atoms with Crippen molar-refractivity contribution in [2.24, 2.45) is 0 Å². The maximum absolute atomic E-state index is 2.47. The third kappa shape index (κ3) is 3.61. The third-order valence-electron chi connectivity index (χ3n) is 10.5. The van der Waals surface area contributed by atoms with Crippen LogP contribution in [0.5, 0.6) is 0 Å². The van der Waals surface area contributed by atoms with Gasteiger partial charge in [-0.3, -0.25) is 0 Å². The van der Waals surface area contributed by atoms with Crippen LogP contribution >= 0.6 is 0 Å². The molecular weight excluding hydrogens is 569 g/mol. The lowest BCUT2D eigenvalue weighted by molar-refractivity contribution is 0.660. The predicted molar refractivity (Wildman–Crippen MR) is 198 cm³/mol. The van der Waals surface area contributed by atoms with Crippen molar-refractivity contribution >= 4 is 43.6 Å². The molecule has 0 saturated carbocycles. The highest BCUT2D eigenvalue weighted by Crippen LogP contribution is 2.50. The molecule has 0 spiro atoms. The van der Waals surface area contributed by atoms with Crippen molar-refractivity contribution in [1.82, 2.24) is 9.13 Å². The molecular formula is C45H32N2. The highest BCUT2D eigenvalue weighted by atomic mass is 15.0. The predicted octanol–water partition coefficient (Wildman–Crippen LogP) is 11.9. The van der Waals surface area contributed by atoms with Crippen LogP contribution in [-0.2, 0) is 5.41 Å². The number of rotatable bonds is 3. The Morgan fingerprint density at radius 1 is 0.404 bits per heavy atom. The maximum atomic E-state index is 2.47. The molecule has 10 rings (SSSR count). The summed E-state index contributed by atoms with van der Waals surface area (Å²) in [5.41, 5.74) is 15.2. The van der Waals surface area contributed by atoms with E-state index in [4.69, 9.17) is 0 Å². The van der Waals surface area contributed by atoms with Gasteiger partial charge >= 0.3 is 0 Å². The van der Waals surface area contributed by atoms with Crippen molar-refractivity contribution in [3.63, 3.8) is 0 Å². The SMILES string of the molecule is CC1(C)c2ccccc2-c2ccc(-c3ccc4c(c3)c3ccc5c(c6ccccc6n5-c5ccccc5)c3n4-c3ccccc3)cc21. The minimum Gasteiger partial charge on any atom is -0.309 e. The molecule has 2 heterocycles. The largest absolute Gasteiger partial charge is 0.309 e. The topological polar surface area (TPSA) is 9.86 Å². The van der Waals surface area contributed by atoms with Crippen LogP contribution in [0.1, 0.15) is 25.0 Å². The molecule has 0 saturated heterocycles. The first-order valence-electron chi connectivity index (χ1n) is 16.5. The number of hydrogen-bond donors (Lipinski definition) is 0. The molecule has 0 bridgehead atoms. The fourth-order valence-electron chi connectivity index (χ4n) is 8.32. The molecule has 47 heavy (non-hydrogen) atoms. The molecule has 2 nitrogen and oxygen atoms in total. The van der Waals surface area contributed by atoms with Gasteiger partial charge in [0, 0.05) is 38.3 Å². The first-order valence-corrected chi connectivity index (χ1v) is 16.5. The second-order valence-corrected chi connectivity index (χ2v) is 13.4. The number of hydrogen-bond acceptors (Lipinski definition) is 0. The highest BCUT2D eigenvalue weighted by Gasteiger charge is 2.35. The minimum absolute atomic E-state index is 0.0338. The van der Waals surface area contributed by atoms with Crippen molar-refractivity contribution in [2.75, 3.05) is 0 Å². The number of aromatic nitrogens is 2. The van der Waals surface area contributed by atoms with Crippen LogP contribution in [0.3, 0.4) is 0 Å². The van der Waals surface area contributed by atoms with E-state index in [1.165, 1.54) is 88.4 Å². The quantitative estimate of drug-likeness (QED) is 0.191. The minimum atomic E-state index is -0.0338. The summed E-state index contributed by atoms with van der Waals surface area (Å²) in [6.07, 6.45) is 0. The van der Waals surface area contributed by atoms with E-state index in [9.17, 15) is 0 Å². The fraction of sp³-hybridized carbons (Fsp3) is 0.0667. The van der Waals surface area contributed by atoms with Gasteiger partial charge in [0.15, 0.2) is 0 Å². The van der Waals surface area contributed by atoms with E-state index >= 15 is 0 Å². The van der Waals surface area contributed by atoms with Gasteiger partial charge in [-0.15, -0.1) is 0 Å². The zero-order valence-electron chi connectivity index (χ0n) is 26.4. The van der Waals surface area contributed by atoms with Crippen molar-refractivity contribution in [3.05, 3.63) is 169 Å². The van der Waals surface area contributed by atoms with Gasteiger partial charge in [0.1, 0.15) is 0 Å². The van der Waals surface area contributed by atoms with Crippen molar-refractivity contribution in [2.45, 2.75) is 19.3 Å². The van der Waals surface area contributed by atoms with Gasteiger partial charge in [-0.05, 0) is 88.0 Å². The molecule has 2 heteroatoms. The summed E-state index contributed by atoms with van der Waals surface area (Å²) < 4.78 is 4.88.